The van der Waals surface area contributed by atoms with Crippen LogP contribution in [-0.4, -0.2) is 58.8 Å². The van der Waals surface area contributed by atoms with Crippen molar-refractivity contribution in [2.45, 2.75) is 10.8 Å². The zero-order chi connectivity index (χ0) is 20.8. The number of benzene rings is 1. The van der Waals surface area contributed by atoms with Crippen LogP contribution in [0.5, 0.6) is 0 Å². The van der Waals surface area contributed by atoms with Crippen LogP contribution < -0.4 is 5.69 Å². The standard InChI is InChI=1S/C18H19BrN4O4S2/c1-20-13-4-2-3-5-14(13)23(18(20)25)12-16(24)21-8-10-22(11-9-21)29(26,27)17-7-6-15(19)28-17/h2-7H,8-12H2,1H3. The second kappa shape index (κ2) is 7.71. The average Bonchev–Trinajstić information content (AvgIpc) is 3.26. The Hall–Kier alpha value is -1.95. The first-order valence-electron chi connectivity index (χ1n) is 8.96. The van der Waals surface area contributed by atoms with Crippen LogP contribution in [0, 0.1) is 0 Å². The lowest BCUT2D eigenvalue weighted by Crippen LogP contribution is -2.51. The summed E-state index contributed by atoms with van der Waals surface area (Å²) in [6, 6.07) is 10.6. The number of nitrogens with zero attached hydrogens (tertiary/aromatic N) is 4. The number of hydrogen-bond donors (Lipinski definition) is 0. The normalized spacial score (nSPS) is 15.9. The molecule has 4 rings (SSSR count). The monoisotopic (exact) mass is 498 g/mol. The van der Waals surface area contributed by atoms with Crippen molar-refractivity contribution in [1.29, 1.82) is 0 Å². The van der Waals surface area contributed by atoms with E-state index < -0.39 is 10.0 Å². The Morgan fingerprint density at radius 3 is 2.34 bits per heavy atom. The molecule has 0 unspecified atom stereocenters. The molecule has 1 aliphatic rings. The molecule has 154 valence electrons. The topological polar surface area (TPSA) is 84.6 Å². The summed E-state index contributed by atoms with van der Waals surface area (Å²) in [6.45, 7) is 0.987. The van der Waals surface area contributed by atoms with E-state index in [9.17, 15) is 18.0 Å². The van der Waals surface area contributed by atoms with Crippen LogP contribution in [0.15, 0.2) is 49.2 Å². The number of amides is 1. The summed E-state index contributed by atoms with van der Waals surface area (Å²) in [5, 5.41) is 0. The van der Waals surface area contributed by atoms with E-state index in [0.717, 1.165) is 9.30 Å². The van der Waals surface area contributed by atoms with E-state index in [-0.39, 0.29) is 35.4 Å². The van der Waals surface area contributed by atoms with Crippen LogP contribution in [-0.2, 0) is 28.4 Å². The van der Waals surface area contributed by atoms with Crippen molar-refractivity contribution in [1.82, 2.24) is 18.3 Å². The second-order valence-corrected chi connectivity index (χ2v) is 11.4. The van der Waals surface area contributed by atoms with Crippen LogP contribution >= 0.6 is 27.3 Å². The van der Waals surface area contributed by atoms with Gasteiger partial charge in [-0.05, 0) is 40.2 Å². The number of fused-ring (bicyclic) bond motifs is 1. The van der Waals surface area contributed by atoms with E-state index in [2.05, 4.69) is 15.9 Å². The van der Waals surface area contributed by atoms with E-state index in [0.29, 0.717) is 18.6 Å². The number of sulfonamides is 1. The summed E-state index contributed by atoms with van der Waals surface area (Å²) < 4.78 is 30.9. The third-order valence-corrected chi connectivity index (χ3v) is 9.07. The van der Waals surface area contributed by atoms with Crippen LogP contribution in [0.4, 0.5) is 0 Å². The summed E-state index contributed by atoms with van der Waals surface area (Å²) >= 11 is 4.45. The minimum Gasteiger partial charge on any atom is -0.338 e. The number of aromatic nitrogens is 2. The molecule has 0 atom stereocenters. The number of aryl methyl sites for hydroxylation is 1. The van der Waals surface area contributed by atoms with Crippen molar-refractivity contribution < 1.29 is 13.2 Å². The molecule has 29 heavy (non-hydrogen) atoms. The molecular weight excluding hydrogens is 480 g/mol. The highest BCUT2D eigenvalue weighted by Gasteiger charge is 2.31. The summed E-state index contributed by atoms with van der Waals surface area (Å²) in [5.41, 5.74) is 1.23. The number of piperazine rings is 1. The molecule has 0 aliphatic carbocycles. The predicted molar refractivity (Wildman–Crippen MR) is 115 cm³/mol. The number of rotatable bonds is 4. The molecule has 3 heterocycles. The molecule has 0 bridgehead atoms. The number of carbonyl (C=O) groups is 1. The van der Waals surface area contributed by atoms with Crippen molar-refractivity contribution in [2.24, 2.45) is 7.05 Å². The van der Waals surface area contributed by atoms with Crippen LogP contribution in [0.1, 0.15) is 0 Å². The fraction of sp³-hybridized carbons (Fsp3) is 0.333. The Morgan fingerprint density at radius 1 is 1.07 bits per heavy atom. The van der Waals surface area contributed by atoms with Gasteiger partial charge < -0.3 is 4.90 Å². The van der Waals surface area contributed by atoms with Crippen molar-refractivity contribution in [3.63, 3.8) is 0 Å². The quantitative estimate of drug-likeness (QED) is 0.547. The van der Waals surface area contributed by atoms with Gasteiger partial charge in [0.25, 0.3) is 10.0 Å². The number of para-hydroxylation sites is 2. The smallest absolute Gasteiger partial charge is 0.329 e. The van der Waals surface area contributed by atoms with E-state index >= 15 is 0 Å². The largest absolute Gasteiger partial charge is 0.338 e. The van der Waals surface area contributed by atoms with Crippen molar-refractivity contribution in [3.8, 4) is 0 Å². The van der Waals surface area contributed by atoms with Gasteiger partial charge in [0.1, 0.15) is 10.8 Å². The molecule has 1 amide bonds. The molecule has 2 aromatic heterocycles. The van der Waals surface area contributed by atoms with E-state index in [1.807, 2.05) is 24.3 Å². The van der Waals surface area contributed by atoms with Crippen molar-refractivity contribution >= 4 is 54.2 Å². The van der Waals surface area contributed by atoms with Gasteiger partial charge >= 0.3 is 5.69 Å². The molecule has 0 saturated carbocycles. The second-order valence-electron chi connectivity index (χ2n) is 6.76. The number of halogens is 1. The lowest BCUT2D eigenvalue weighted by Gasteiger charge is -2.33. The lowest BCUT2D eigenvalue weighted by atomic mass is 10.3. The highest BCUT2D eigenvalue weighted by atomic mass is 79.9. The first-order chi connectivity index (χ1) is 13.8. The van der Waals surface area contributed by atoms with Crippen LogP contribution in [0.25, 0.3) is 11.0 Å². The van der Waals surface area contributed by atoms with Gasteiger partial charge in [-0.1, -0.05) is 12.1 Å². The molecule has 11 heteroatoms. The molecular formula is C18H19BrN4O4S2. The molecule has 0 N–H and O–H groups in total. The first-order valence-corrected chi connectivity index (χ1v) is 12.0. The minimum atomic E-state index is -3.56. The lowest BCUT2D eigenvalue weighted by molar-refractivity contribution is -0.133. The number of thiophene rings is 1. The van der Waals surface area contributed by atoms with Gasteiger partial charge in [0.05, 0.1) is 14.8 Å². The average molecular weight is 499 g/mol. The molecule has 1 fully saturated rings. The summed E-state index contributed by atoms with van der Waals surface area (Å²) in [5.74, 6) is -0.195. The van der Waals surface area contributed by atoms with Gasteiger partial charge in [-0.15, -0.1) is 11.3 Å². The van der Waals surface area contributed by atoms with E-state index in [1.54, 1.807) is 24.1 Å². The summed E-state index contributed by atoms with van der Waals surface area (Å²) in [6.07, 6.45) is 0. The maximum absolute atomic E-state index is 12.8. The van der Waals surface area contributed by atoms with Crippen molar-refractivity contribution in [2.75, 3.05) is 26.2 Å². The highest BCUT2D eigenvalue weighted by molar-refractivity contribution is 9.11. The molecule has 1 saturated heterocycles. The van der Waals surface area contributed by atoms with Crippen molar-refractivity contribution in [3.05, 3.63) is 50.7 Å². The zero-order valence-corrected chi connectivity index (χ0v) is 18.8. The summed E-state index contributed by atoms with van der Waals surface area (Å²) in [7, 11) is -1.88. The fourth-order valence-corrected chi connectivity index (χ4v) is 7.08. The van der Waals surface area contributed by atoms with E-state index in [4.69, 9.17) is 0 Å². The van der Waals surface area contributed by atoms with Crippen LogP contribution in [0.2, 0.25) is 0 Å². The Kier molecular flexibility index (Phi) is 5.40. The fourth-order valence-electron chi connectivity index (χ4n) is 3.49. The number of imidazole rings is 1. The SMILES string of the molecule is Cn1c(=O)n(CC(=O)N2CCN(S(=O)(=O)c3ccc(Br)s3)CC2)c2ccccc21. The predicted octanol–water partition coefficient (Wildman–Crippen LogP) is 1.70. The third-order valence-electron chi connectivity index (χ3n) is 5.08. The maximum Gasteiger partial charge on any atom is 0.329 e. The van der Waals surface area contributed by atoms with Gasteiger partial charge in [-0.3, -0.25) is 13.9 Å². The highest BCUT2D eigenvalue weighted by Crippen LogP contribution is 2.29. The van der Waals surface area contributed by atoms with E-state index in [1.165, 1.54) is 24.8 Å². The Bertz CT molecular complexity index is 1240. The Balaban J connectivity index is 1.47. The third kappa shape index (κ3) is 3.67. The molecule has 0 radical (unpaired) electrons. The number of hydrogen-bond acceptors (Lipinski definition) is 5. The maximum atomic E-state index is 12.8. The Morgan fingerprint density at radius 2 is 1.72 bits per heavy atom. The molecule has 3 aromatic rings. The first kappa shape index (κ1) is 20.3. The number of carbonyl (C=O) groups excluding carboxylic acids is 1. The van der Waals surface area contributed by atoms with Gasteiger partial charge in [-0.2, -0.15) is 4.31 Å². The molecule has 8 nitrogen and oxygen atoms in total. The minimum absolute atomic E-state index is 0.0647. The Labute approximate surface area is 180 Å². The van der Waals surface area contributed by atoms with Crippen LogP contribution in [0.3, 0.4) is 0 Å². The molecule has 1 aliphatic heterocycles. The van der Waals surface area contributed by atoms with Gasteiger partial charge in [0.15, 0.2) is 0 Å². The van der Waals surface area contributed by atoms with Gasteiger partial charge in [-0.25, -0.2) is 13.2 Å². The van der Waals surface area contributed by atoms with Gasteiger partial charge in [0, 0.05) is 33.2 Å². The molecule has 1 aromatic carbocycles. The van der Waals surface area contributed by atoms with Gasteiger partial charge in [0.2, 0.25) is 5.91 Å². The zero-order valence-electron chi connectivity index (χ0n) is 15.6. The molecule has 0 spiro atoms. The summed E-state index contributed by atoms with van der Waals surface area (Å²) in [4.78, 5) is 26.9.